The Hall–Kier alpha value is -2.04. The number of benzene rings is 2. The van der Waals surface area contributed by atoms with Crippen LogP contribution in [0, 0.1) is 0 Å². The van der Waals surface area contributed by atoms with E-state index in [0.717, 1.165) is 0 Å². The summed E-state index contributed by atoms with van der Waals surface area (Å²) in [7, 11) is 0. The van der Waals surface area contributed by atoms with Crippen molar-refractivity contribution in [3.63, 3.8) is 0 Å². The number of hydrogen-bond acceptors (Lipinski definition) is 3. The number of aliphatic hydroxyl groups is 1. The van der Waals surface area contributed by atoms with Crippen molar-refractivity contribution in [1.29, 1.82) is 0 Å². The molecule has 2 rings (SSSR count). The molecule has 0 bridgehead atoms. The number of rotatable bonds is 3. The van der Waals surface area contributed by atoms with Crippen LogP contribution in [0.2, 0.25) is 5.02 Å². The van der Waals surface area contributed by atoms with Crippen LogP contribution in [0.15, 0.2) is 42.5 Å². The van der Waals surface area contributed by atoms with Gasteiger partial charge in [0.15, 0.2) is 0 Å². The summed E-state index contributed by atoms with van der Waals surface area (Å²) in [4.78, 5) is 12.2. The van der Waals surface area contributed by atoms with Gasteiger partial charge in [0.05, 0.1) is 16.7 Å². The molecule has 1 atom stereocenters. The van der Waals surface area contributed by atoms with Gasteiger partial charge in [-0.05, 0) is 31.2 Å². The number of aliphatic hydroxyl groups excluding tert-OH is 1. The molecule has 0 aliphatic carbocycles. The highest BCUT2D eigenvalue weighted by Crippen LogP contribution is 2.25. The number of halogens is 1. The highest BCUT2D eigenvalue weighted by Gasteiger charge is 2.14. The minimum absolute atomic E-state index is 0.0386. The second-order valence-corrected chi connectivity index (χ2v) is 4.79. The predicted molar refractivity (Wildman–Crippen MR) is 78.1 cm³/mol. The van der Waals surface area contributed by atoms with Gasteiger partial charge < -0.3 is 15.5 Å². The first kappa shape index (κ1) is 14.4. The van der Waals surface area contributed by atoms with Crippen molar-refractivity contribution >= 4 is 23.2 Å². The molecule has 1 amide bonds. The first-order valence-corrected chi connectivity index (χ1v) is 6.43. The summed E-state index contributed by atoms with van der Waals surface area (Å²) in [5.41, 5.74) is 1.29. The van der Waals surface area contributed by atoms with Crippen LogP contribution in [0.5, 0.6) is 5.75 Å². The Morgan fingerprint density at radius 1 is 1.25 bits per heavy atom. The molecule has 0 aliphatic rings. The Kier molecular flexibility index (Phi) is 4.27. The molecule has 0 saturated heterocycles. The lowest BCUT2D eigenvalue weighted by Crippen LogP contribution is -2.14. The van der Waals surface area contributed by atoms with Gasteiger partial charge in [-0.25, -0.2) is 0 Å². The first-order valence-electron chi connectivity index (χ1n) is 6.06. The van der Waals surface area contributed by atoms with Crippen LogP contribution >= 0.6 is 11.6 Å². The molecular formula is C15H14ClNO3. The second-order valence-electron chi connectivity index (χ2n) is 4.38. The summed E-state index contributed by atoms with van der Waals surface area (Å²) in [6.07, 6.45) is -0.703. The van der Waals surface area contributed by atoms with E-state index < -0.39 is 12.0 Å². The van der Waals surface area contributed by atoms with Crippen LogP contribution in [0.3, 0.4) is 0 Å². The maximum atomic E-state index is 12.2. The molecule has 2 aromatic rings. The largest absolute Gasteiger partial charge is 0.508 e. The monoisotopic (exact) mass is 291 g/mol. The van der Waals surface area contributed by atoms with Gasteiger partial charge in [-0.15, -0.1) is 0 Å². The number of nitrogens with one attached hydrogen (secondary N) is 1. The van der Waals surface area contributed by atoms with Crippen LogP contribution in [-0.2, 0) is 0 Å². The van der Waals surface area contributed by atoms with E-state index in [2.05, 4.69) is 5.32 Å². The average molecular weight is 292 g/mol. The number of para-hydroxylation sites is 1. The molecule has 2 aromatic carbocycles. The number of aromatic hydroxyl groups is 1. The third-order valence-electron chi connectivity index (χ3n) is 2.85. The molecule has 3 N–H and O–H groups in total. The molecule has 20 heavy (non-hydrogen) atoms. The van der Waals surface area contributed by atoms with E-state index in [-0.39, 0.29) is 16.3 Å². The van der Waals surface area contributed by atoms with E-state index in [0.29, 0.717) is 11.3 Å². The lowest BCUT2D eigenvalue weighted by Gasteiger charge is -2.13. The third kappa shape index (κ3) is 3.10. The molecule has 0 aliphatic heterocycles. The van der Waals surface area contributed by atoms with Crippen LogP contribution in [-0.4, -0.2) is 16.1 Å². The topological polar surface area (TPSA) is 69.6 Å². The van der Waals surface area contributed by atoms with Crippen molar-refractivity contribution in [3.8, 4) is 5.75 Å². The van der Waals surface area contributed by atoms with Gasteiger partial charge in [-0.3, -0.25) is 4.79 Å². The maximum Gasteiger partial charge on any atom is 0.257 e. The van der Waals surface area contributed by atoms with Crippen molar-refractivity contribution in [3.05, 3.63) is 58.6 Å². The molecule has 0 spiro atoms. The molecule has 104 valence electrons. The zero-order valence-corrected chi connectivity index (χ0v) is 11.6. The summed E-state index contributed by atoms with van der Waals surface area (Å²) in [5.74, 6) is -0.484. The minimum atomic E-state index is -0.703. The summed E-state index contributed by atoms with van der Waals surface area (Å²) in [5, 5.41) is 22.0. The molecule has 4 nitrogen and oxygen atoms in total. The van der Waals surface area contributed by atoms with Crippen LogP contribution in [0.4, 0.5) is 5.69 Å². The van der Waals surface area contributed by atoms with E-state index in [1.54, 1.807) is 31.2 Å². The smallest absolute Gasteiger partial charge is 0.257 e. The SMILES string of the molecule is CC(O)c1ccccc1NC(=O)c1cc(O)ccc1Cl. The van der Waals surface area contributed by atoms with E-state index in [1.807, 2.05) is 0 Å². The number of amides is 1. The highest BCUT2D eigenvalue weighted by molar-refractivity contribution is 6.34. The number of carbonyl (C=O) groups excluding carboxylic acids is 1. The van der Waals surface area contributed by atoms with Crippen molar-refractivity contribution in [2.24, 2.45) is 0 Å². The predicted octanol–water partition coefficient (Wildman–Crippen LogP) is 3.35. The molecule has 0 radical (unpaired) electrons. The molecule has 1 unspecified atom stereocenters. The van der Waals surface area contributed by atoms with Crippen molar-refractivity contribution in [2.75, 3.05) is 5.32 Å². The van der Waals surface area contributed by atoms with Gasteiger partial charge in [-0.2, -0.15) is 0 Å². The lowest BCUT2D eigenvalue weighted by molar-refractivity contribution is 0.102. The highest BCUT2D eigenvalue weighted by atomic mass is 35.5. The summed E-state index contributed by atoms with van der Waals surface area (Å²) >= 11 is 5.94. The summed E-state index contributed by atoms with van der Waals surface area (Å²) in [6, 6.07) is 11.1. The lowest BCUT2D eigenvalue weighted by atomic mass is 10.1. The van der Waals surface area contributed by atoms with Gasteiger partial charge >= 0.3 is 0 Å². The number of carbonyl (C=O) groups is 1. The molecule has 0 aromatic heterocycles. The van der Waals surface area contributed by atoms with Gasteiger partial charge in [0.2, 0.25) is 0 Å². The second kappa shape index (κ2) is 5.94. The van der Waals surface area contributed by atoms with Crippen LogP contribution in [0.1, 0.15) is 28.9 Å². The third-order valence-corrected chi connectivity index (χ3v) is 3.18. The quantitative estimate of drug-likeness (QED) is 0.812. The number of hydrogen-bond donors (Lipinski definition) is 3. The molecule has 0 heterocycles. The zero-order chi connectivity index (χ0) is 14.7. The Labute approximate surface area is 121 Å². The first-order chi connectivity index (χ1) is 9.49. The average Bonchev–Trinajstić information content (AvgIpc) is 2.41. The van der Waals surface area contributed by atoms with E-state index in [9.17, 15) is 15.0 Å². The van der Waals surface area contributed by atoms with Crippen LogP contribution < -0.4 is 5.32 Å². The summed E-state index contributed by atoms with van der Waals surface area (Å²) in [6.45, 7) is 1.62. The maximum absolute atomic E-state index is 12.2. The fourth-order valence-corrected chi connectivity index (χ4v) is 2.06. The van der Waals surface area contributed by atoms with Gasteiger partial charge in [0.25, 0.3) is 5.91 Å². The zero-order valence-electron chi connectivity index (χ0n) is 10.8. The Balaban J connectivity index is 2.31. The normalized spacial score (nSPS) is 11.9. The fraction of sp³-hybridized carbons (Fsp3) is 0.133. The van der Waals surface area contributed by atoms with E-state index in [1.165, 1.54) is 18.2 Å². The van der Waals surface area contributed by atoms with Crippen molar-refractivity contribution < 1.29 is 15.0 Å². The van der Waals surface area contributed by atoms with Gasteiger partial charge in [0.1, 0.15) is 5.75 Å². The van der Waals surface area contributed by atoms with Gasteiger partial charge in [0, 0.05) is 11.3 Å². The van der Waals surface area contributed by atoms with E-state index in [4.69, 9.17) is 11.6 Å². The van der Waals surface area contributed by atoms with Crippen molar-refractivity contribution in [2.45, 2.75) is 13.0 Å². The van der Waals surface area contributed by atoms with Gasteiger partial charge in [-0.1, -0.05) is 29.8 Å². The molecule has 0 saturated carbocycles. The minimum Gasteiger partial charge on any atom is -0.508 e. The standard InChI is InChI=1S/C15H14ClNO3/c1-9(18)11-4-2-3-5-14(11)17-15(20)12-8-10(19)6-7-13(12)16/h2-9,18-19H,1H3,(H,17,20). The Morgan fingerprint density at radius 3 is 2.65 bits per heavy atom. The number of anilines is 1. The fourth-order valence-electron chi connectivity index (χ4n) is 1.85. The van der Waals surface area contributed by atoms with Crippen molar-refractivity contribution in [1.82, 2.24) is 0 Å². The Morgan fingerprint density at radius 2 is 1.95 bits per heavy atom. The number of phenolic OH excluding ortho intramolecular Hbond substituents is 1. The molecule has 5 heteroatoms. The summed E-state index contributed by atoms with van der Waals surface area (Å²) < 4.78 is 0. The molecule has 0 fully saturated rings. The Bertz CT molecular complexity index is 641. The number of phenols is 1. The van der Waals surface area contributed by atoms with E-state index >= 15 is 0 Å². The van der Waals surface area contributed by atoms with Crippen LogP contribution in [0.25, 0.3) is 0 Å². The molecular weight excluding hydrogens is 278 g/mol.